The number of rotatable bonds is 16. The van der Waals surface area contributed by atoms with E-state index in [1.165, 1.54) is 38.5 Å². The van der Waals surface area contributed by atoms with E-state index in [0.29, 0.717) is 41.9 Å². The van der Waals surface area contributed by atoms with Gasteiger partial charge >= 0.3 is 0 Å². The number of nitrogens with two attached hydrogens (primary N) is 1. The lowest BCUT2D eigenvalue weighted by Gasteiger charge is -2.62. The Hall–Kier alpha value is -0.730. The first-order valence-corrected chi connectivity index (χ1v) is 17.5. The fourth-order valence-corrected chi connectivity index (χ4v) is 10.2. The van der Waals surface area contributed by atoms with Crippen LogP contribution in [0.15, 0.2) is 0 Å². The molecular formula is C34H64N4O3. The van der Waals surface area contributed by atoms with E-state index < -0.39 is 0 Å². The summed E-state index contributed by atoms with van der Waals surface area (Å²) in [6, 6.07) is 0. The highest BCUT2D eigenvalue weighted by Gasteiger charge is 2.63. The lowest BCUT2D eigenvalue weighted by atomic mass is 9.43. The Morgan fingerprint density at radius 2 is 1.59 bits per heavy atom. The molecule has 7 heteroatoms. The number of unbranched alkanes of at least 4 members (excludes halogenated alkanes) is 1. The molecule has 0 unspecified atom stereocenters. The smallest absolute Gasteiger partial charge is 0.220 e. The van der Waals surface area contributed by atoms with Gasteiger partial charge in [0.25, 0.3) is 0 Å². The SMILES string of the molecule is C[C@H](CCC(=O)NCCCNCCCCNCCCN)[C@H]1CC[C@H]2[C@@H]3CC[C@@H]4C[C@H](O)CC[C@]4(C)[C@H]3C[C@H](O)[C@]12C. The van der Waals surface area contributed by atoms with Crippen LogP contribution in [0.25, 0.3) is 0 Å². The number of nitrogens with one attached hydrogen (secondary N) is 3. The maximum atomic E-state index is 12.6. The first kappa shape index (κ1) is 33.2. The van der Waals surface area contributed by atoms with Crippen LogP contribution in [0, 0.1) is 46.3 Å². The van der Waals surface area contributed by atoms with Gasteiger partial charge in [0.2, 0.25) is 5.91 Å². The van der Waals surface area contributed by atoms with Crippen molar-refractivity contribution in [2.75, 3.05) is 39.3 Å². The van der Waals surface area contributed by atoms with Gasteiger partial charge in [-0.3, -0.25) is 4.79 Å². The molecule has 4 aliphatic rings. The van der Waals surface area contributed by atoms with Crippen molar-refractivity contribution in [3.05, 3.63) is 0 Å². The minimum absolute atomic E-state index is 0.0271. The third-order valence-electron chi connectivity index (χ3n) is 12.7. The minimum atomic E-state index is -0.250. The van der Waals surface area contributed by atoms with Gasteiger partial charge in [0.15, 0.2) is 0 Å². The third kappa shape index (κ3) is 7.68. The van der Waals surface area contributed by atoms with E-state index in [9.17, 15) is 15.0 Å². The number of hydrogen-bond acceptors (Lipinski definition) is 6. The molecule has 0 aromatic rings. The zero-order chi connectivity index (χ0) is 29.5. The Kier molecular flexibility index (Phi) is 12.4. The summed E-state index contributed by atoms with van der Waals surface area (Å²) in [5.74, 6) is 3.65. The summed E-state index contributed by atoms with van der Waals surface area (Å²) in [4.78, 5) is 12.6. The second kappa shape index (κ2) is 15.3. The number of carbonyl (C=O) groups is 1. The largest absolute Gasteiger partial charge is 0.393 e. The molecule has 0 aromatic heterocycles. The van der Waals surface area contributed by atoms with Gasteiger partial charge in [-0.2, -0.15) is 0 Å². The van der Waals surface area contributed by atoms with Crippen molar-refractivity contribution in [2.24, 2.45) is 52.1 Å². The zero-order valence-electron chi connectivity index (χ0n) is 26.6. The van der Waals surface area contributed by atoms with Gasteiger partial charge in [-0.05, 0) is 163 Å². The Morgan fingerprint density at radius 1 is 0.878 bits per heavy atom. The van der Waals surface area contributed by atoms with Crippen LogP contribution in [0.2, 0.25) is 0 Å². The molecule has 4 saturated carbocycles. The monoisotopic (exact) mass is 576 g/mol. The van der Waals surface area contributed by atoms with E-state index in [1.807, 2.05) is 0 Å². The van der Waals surface area contributed by atoms with Gasteiger partial charge in [-0.1, -0.05) is 20.8 Å². The molecule has 4 rings (SSSR count). The van der Waals surface area contributed by atoms with Crippen molar-refractivity contribution < 1.29 is 15.0 Å². The van der Waals surface area contributed by atoms with Crippen LogP contribution in [-0.2, 0) is 4.79 Å². The predicted molar refractivity (Wildman–Crippen MR) is 167 cm³/mol. The highest BCUT2D eigenvalue weighted by Crippen LogP contribution is 2.68. The molecule has 0 bridgehead atoms. The van der Waals surface area contributed by atoms with E-state index in [1.54, 1.807) is 0 Å². The summed E-state index contributed by atoms with van der Waals surface area (Å²) in [6.07, 6.45) is 14.4. The second-order valence-electron chi connectivity index (χ2n) is 15.0. The van der Waals surface area contributed by atoms with Crippen LogP contribution in [-0.4, -0.2) is 67.6 Å². The van der Waals surface area contributed by atoms with Crippen molar-refractivity contribution in [1.29, 1.82) is 0 Å². The molecule has 0 aromatic carbocycles. The van der Waals surface area contributed by atoms with Gasteiger partial charge in [0.1, 0.15) is 0 Å². The number of aliphatic hydroxyl groups excluding tert-OH is 2. The van der Waals surface area contributed by atoms with Gasteiger partial charge in [0, 0.05) is 13.0 Å². The number of hydrogen-bond donors (Lipinski definition) is 6. The molecule has 0 spiro atoms. The lowest BCUT2D eigenvalue weighted by molar-refractivity contribution is -0.174. The van der Waals surface area contributed by atoms with Crippen LogP contribution < -0.4 is 21.7 Å². The van der Waals surface area contributed by atoms with Gasteiger partial charge in [0.05, 0.1) is 12.2 Å². The fraction of sp³-hybridized carbons (Fsp3) is 0.971. The highest BCUT2D eigenvalue weighted by atomic mass is 16.3. The molecule has 7 nitrogen and oxygen atoms in total. The maximum absolute atomic E-state index is 12.6. The Morgan fingerprint density at radius 3 is 2.32 bits per heavy atom. The van der Waals surface area contributed by atoms with Gasteiger partial charge in [-0.15, -0.1) is 0 Å². The van der Waals surface area contributed by atoms with E-state index in [4.69, 9.17) is 5.73 Å². The summed E-state index contributed by atoms with van der Waals surface area (Å²) in [7, 11) is 0. The number of carbonyl (C=O) groups excluding carboxylic acids is 1. The number of fused-ring (bicyclic) bond motifs is 5. The molecule has 0 radical (unpaired) electrons. The lowest BCUT2D eigenvalue weighted by Crippen LogP contribution is -2.58. The number of aliphatic hydroxyl groups is 2. The van der Waals surface area contributed by atoms with Crippen molar-refractivity contribution in [1.82, 2.24) is 16.0 Å². The predicted octanol–water partition coefficient (Wildman–Crippen LogP) is 4.21. The van der Waals surface area contributed by atoms with E-state index in [0.717, 1.165) is 84.2 Å². The van der Waals surface area contributed by atoms with E-state index in [2.05, 4.69) is 36.7 Å². The highest BCUT2D eigenvalue weighted by molar-refractivity contribution is 5.75. The molecule has 4 fully saturated rings. The normalized spacial score (nSPS) is 39.0. The third-order valence-corrected chi connectivity index (χ3v) is 12.7. The average molecular weight is 577 g/mol. The summed E-state index contributed by atoms with van der Waals surface area (Å²) in [5, 5.41) is 32.1. The molecule has 4 aliphatic carbocycles. The molecular weight excluding hydrogens is 512 g/mol. The van der Waals surface area contributed by atoms with Crippen molar-refractivity contribution in [3.63, 3.8) is 0 Å². The molecule has 0 aliphatic heterocycles. The number of amides is 1. The topological polar surface area (TPSA) is 120 Å². The Labute approximate surface area is 250 Å². The minimum Gasteiger partial charge on any atom is -0.393 e. The fourth-order valence-electron chi connectivity index (χ4n) is 10.2. The maximum Gasteiger partial charge on any atom is 0.220 e. The van der Waals surface area contributed by atoms with Crippen LogP contribution >= 0.6 is 0 Å². The molecule has 238 valence electrons. The molecule has 10 atom stereocenters. The molecule has 41 heavy (non-hydrogen) atoms. The molecule has 7 N–H and O–H groups in total. The van der Waals surface area contributed by atoms with Crippen LogP contribution in [0.4, 0.5) is 0 Å². The Balaban J connectivity index is 1.15. The molecule has 1 amide bonds. The second-order valence-corrected chi connectivity index (χ2v) is 15.0. The molecule has 0 heterocycles. The van der Waals surface area contributed by atoms with Crippen molar-refractivity contribution in [2.45, 2.75) is 123 Å². The van der Waals surface area contributed by atoms with Crippen molar-refractivity contribution in [3.8, 4) is 0 Å². The first-order chi connectivity index (χ1) is 19.7. The van der Waals surface area contributed by atoms with Crippen molar-refractivity contribution >= 4 is 5.91 Å². The summed E-state index contributed by atoms with van der Waals surface area (Å²) >= 11 is 0. The summed E-state index contributed by atoms with van der Waals surface area (Å²) < 4.78 is 0. The first-order valence-electron chi connectivity index (χ1n) is 17.5. The zero-order valence-corrected chi connectivity index (χ0v) is 26.6. The molecule has 0 saturated heterocycles. The average Bonchev–Trinajstić information content (AvgIpc) is 3.32. The van der Waals surface area contributed by atoms with E-state index >= 15 is 0 Å². The standard InChI is InChI=1S/C34H64N4O3/c1-24(8-13-32(41)38-21-7-20-37-18-5-4-17-36-19-6-16-35)28-11-12-29-27-10-9-25-22-26(39)14-15-33(25,2)30(27)23-31(40)34(28,29)3/h24-31,36-37,39-40H,4-23,35H2,1-3H3,(H,38,41)/t24-,25-,26-,27+,28-,29+,30+,31+,33+,34-/m1/s1. The summed E-state index contributed by atoms with van der Waals surface area (Å²) in [5.41, 5.74) is 5.76. The van der Waals surface area contributed by atoms with Gasteiger partial charge in [-0.25, -0.2) is 0 Å². The summed E-state index contributed by atoms with van der Waals surface area (Å²) in [6.45, 7) is 12.8. The Bertz CT molecular complexity index is 813. The van der Waals surface area contributed by atoms with Crippen LogP contribution in [0.1, 0.15) is 111 Å². The van der Waals surface area contributed by atoms with Crippen LogP contribution in [0.5, 0.6) is 0 Å². The van der Waals surface area contributed by atoms with Gasteiger partial charge < -0.3 is 31.9 Å². The van der Waals surface area contributed by atoms with E-state index in [-0.39, 0.29) is 28.9 Å². The quantitative estimate of drug-likeness (QED) is 0.153. The van der Waals surface area contributed by atoms with Crippen LogP contribution in [0.3, 0.4) is 0 Å².